The highest BCUT2D eigenvalue weighted by Gasteiger charge is 2.18. The number of benzene rings is 2. The summed E-state index contributed by atoms with van der Waals surface area (Å²) in [6.45, 7) is 7.70. The van der Waals surface area contributed by atoms with Crippen molar-refractivity contribution in [3.8, 4) is 17.3 Å². The highest BCUT2D eigenvalue weighted by molar-refractivity contribution is 5.94. The Morgan fingerprint density at radius 2 is 1.89 bits per heavy atom. The van der Waals surface area contributed by atoms with Gasteiger partial charge >= 0.3 is 0 Å². The van der Waals surface area contributed by atoms with Crippen molar-refractivity contribution in [1.29, 1.82) is 0 Å². The first-order valence-corrected chi connectivity index (χ1v) is 9.74. The highest BCUT2D eigenvalue weighted by atomic mass is 16.5. The zero-order valence-corrected chi connectivity index (χ0v) is 16.2. The number of methoxy groups -OCH3 is 1. The van der Waals surface area contributed by atoms with Gasteiger partial charge in [-0.2, -0.15) is 5.10 Å². The van der Waals surface area contributed by atoms with Gasteiger partial charge in [0.1, 0.15) is 11.4 Å². The predicted octanol–water partition coefficient (Wildman–Crippen LogP) is 3.26. The zero-order chi connectivity index (χ0) is 19.1. The molecule has 0 amide bonds. The van der Waals surface area contributed by atoms with Crippen LogP contribution in [0.15, 0.2) is 36.4 Å². The second-order valence-electron chi connectivity index (χ2n) is 7.19. The van der Waals surface area contributed by atoms with Gasteiger partial charge < -0.3 is 19.5 Å². The van der Waals surface area contributed by atoms with E-state index in [1.54, 1.807) is 7.11 Å². The Morgan fingerprint density at radius 1 is 1.04 bits per heavy atom. The highest BCUT2D eigenvalue weighted by Crippen LogP contribution is 2.30. The third kappa shape index (κ3) is 2.88. The van der Waals surface area contributed by atoms with Crippen molar-refractivity contribution in [2.45, 2.75) is 6.92 Å². The molecule has 0 unspecified atom stereocenters. The van der Waals surface area contributed by atoms with Crippen molar-refractivity contribution in [2.75, 3.05) is 44.7 Å². The molecule has 7 heteroatoms. The number of nitrogens with zero attached hydrogens (tertiary/aromatic N) is 4. The Labute approximate surface area is 163 Å². The molecule has 7 nitrogen and oxygen atoms in total. The van der Waals surface area contributed by atoms with Crippen LogP contribution in [0.2, 0.25) is 0 Å². The SMILES string of the molecule is CCN1CCN(c2ccc3nc(-c4n[nH]c5ccc(OC)cc45)[nH]c3c2)CC1. The number of piperazine rings is 1. The lowest BCUT2D eigenvalue weighted by molar-refractivity contribution is 0.271. The maximum atomic E-state index is 5.36. The van der Waals surface area contributed by atoms with Crippen LogP contribution in [-0.2, 0) is 0 Å². The predicted molar refractivity (Wildman–Crippen MR) is 112 cm³/mol. The molecule has 2 aromatic carbocycles. The summed E-state index contributed by atoms with van der Waals surface area (Å²) < 4.78 is 5.36. The van der Waals surface area contributed by atoms with Crippen LogP contribution in [0, 0.1) is 0 Å². The molecular weight excluding hydrogens is 352 g/mol. The first kappa shape index (κ1) is 17.1. The summed E-state index contributed by atoms with van der Waals surface area (Å²) in [6, 6.07) is 12.3. The van der Waals surface area contributed by atoms with Crippen molar-refractivity contribution in [1.82, 2.24) is 25.1 Å². The molecule has 1 saturated heterocycles. The molecule has 1 fully saturated rings. The lowest BCUT2D eigenvalue weighted by atomic mass is 10.2. The topological polar surface area (TPSA) is 73.1 Å². The number of hydrogen-bond acceptors (Lipinski definition) is 5. The molecule has 28 heavy (non-hydrogen) atoms. The summed E-state index contributed by atoms with van der Waals surface area (Å²) in [6.07, 6.45) is 0. The molecular formula is C21H24N6O. The molecule has 3 heterocycles. The fourth-order valence-electron chi connectivity index (χ4n) is 3.93. The smallest absolute Gasteiger partial charge is 0.159 e. The number of fused-ring (bicyclic) bond motifs is 2. The van der Waals surface area contributed by atoms with E-state index in [-0.39, 0.29) is 0 Å². The Morgan fingerprint density at radius 3 is 2.68 bits per heavy atom. The van der Waals surface area contributed by atoms with Crippen LogP contribution < -0.4 is 9.64 Å². The van der Waals surface area contributed by atoms with Crippen LogP contribution in [0.3, 0.4) is 0 Å². The lowest BCUT2D eigenvalue weighted by Gasteiger charge is -2.35. The van der Waals surface area contributed by atoms with Crippen molar-refractivity contribution in [2.24, 2.45) is 0 Å². The van der Waals surface area contributed by atoms with Gasteiger partial charge in [-0.05, 0) is 42.9 Å². The molecule has 2 N–H and O–H groups in total. The first-order valence-electron chi connectivity index (χ1n) is 9.74. The first-order chi connectivity index (χ1) is 13.7. The van der Waals surface area contributed by atoms with Gasteiger partial charge in [-0.1, -0.05) is 6.92 Å². The molecule has 0 bridgehead atoms. The van der Waals surface area contributed by atoms with E-state index in [2.05, 4.69) is 50.1 Å². The summed E-state index contributed by atoms with van der Waals surface area (Å²) in [7, 11) is 1.67. The number of imidazole rings is 1. The third-order valence-corrected chi connectivity index (χ3v) is 5.64. The maximum Gasteiger partial charge on any atom is 0.159 e. The minimum Gasteiger partial charge on any atom is -0.497 e. The van der Waals surface area contributed by atoms with E-state index in [0.29, 0.717) is 0 Å². The number of anilines is 1. The summed E-state index contributed by atoms with van der Waals surface area (Å²) in [5.41, 5.74) is 5.00. The van der Waals surface area contributed by atoms with Crippen molar-refractivity contribution in [3.63, 3.8) is 0 Å². The summed E-state index contributed by atoms with van der Waals surface area (Å²) in [5.74, 6) is 1.57. The monoisotopic (exact) mass is 376 g/mol. The van der Waals surface area contributed by atoms with Gasteiger partial charge in [0.25, 0.3) is 0 Å². The fraction of sp³-hybridized carbons (Fsp3) is 0.333. The van der Waals surface area contributed by atoms with Gasteiger partial charge in [-0.25, -0.2) is 4.98 Å². The summed E-state index contributed by atoms with van der Waals surface area (Å²) in [4.78, 5) is 13.2. The normalized spacial score (nSPS) is 15.6. The van der Waals surface area contributed by atoms with Crippen LogP contribution in [0.5, 0.6) is 5.75 Å². The largest absolute Gasteiger partial charge is 0.497 e. The van der Waals surface area contributed by atoms with Gasteiger partial charge in [0.15, 0.2) is 5.82 Å². The molecule has 4 aromatic rings. The number of H-pyrrole nitrogens is 2. The van der Waals surface area contributed by atoms with Crippen molar-refractivity contribution < 1.29 is 4.74 Å². The molecule has 2 aromatic heterocycles. The van der Waals surface area contributed by atoms with Gasteiger partial charge in [0.05, 0.1) is 23.7 Å². The molecule has 0 atom stereocenters. The van der Waals surface area contributed by atoms with Crippen LogP contribution >= 0.6 is 0 Å². The molecule has 0 radical (unpaired) electrons. The standard InChI is InChI=1S/C21H24N6O/c1-3-26-8-10-27(11-9-26)14-4-6-18-19(12-14)23-21(22-18)20-16-13-15(28-2)5-7-17(16)24-25-20/h4-7,12-13H,3,8-11H2,1-2H3,(H,22,23)(H,24,25). The second kappa shape index (κ2) is 6.83. The molecule has 1 aliphatic rings. The average Bonchev–Trinajstić information content (AvgIpc) is 3.36. The lowest BCUT2D eigenvalue weighted by Crippen LogP contribution is -2.46. The number of hydrogen-bond donors (Lipinski definition) is 2. The number of aromatic nitrogens is 4. The molecule has 0 spiro atoms. The van der Waals surface area contributed by atoms with Gasteiger partial charge in [0, 0.05) is 37.3 Å². The number of rotatable bonds is 4. The average molecular weight is 376 g/mol. The minimum absolute atomic E-state index is 0.766. The van der Waals surface area contributed by atoms with Crippen LogP contribution in [0.4, 0.5) is 5.69 Å². The molecule has 0 saturated carbocycles. The van der Waals surface area contributed by atoms with E-state index < -0.39 is 0 Å². The van der Waals surface area contributed by atoms with Gasteiger partial charge in [-0.3, -0.25) is 5.10 Å². The van der Waals surface area contributed by atoms with Gasteiger partial charge in [0.2, 0.25) is 0 Å². The number of nitrogens with one attached hydrogen (secondary N) is 2. The van der Waals surface area contributed by atoms with Crippen molar-refractivity contribution in [3.05, 3.63) is 36.4 Å². The molecule has 1 aliphatic heterocycles. The molecule has 5 rings (SSSR count). The van der Waals surface area contributed by atoms with E-state index >= 15 is 0 Å². The van der Waals surface area contributed by atoms with E-state index in [4.69, 9.17) is 9.72 Å². The fourth-order valence-corrected chi connectivity index (χ4v) is 3.93. The van der Waals surface area contributed by atoms with E-state index in [0.717, 1.165) is 71.9 Å². The third-order valence-electron chi connectivity index (χ3n) is 5.64. The quantitative estimate of drug-likeness (QED) is 0.572. The summed E-state index contributed by atoms with van der Waals surface area (Å²) >= 11 is 0. The number of likely N-dealkylation sites (N-methyl/N-ethyl adjacent to an activating group) is 1. The Balaban J connectivity index is 1.49. The van der Waals surface area contributed by atoms with E-state index in [1.165, 1.54) is 5.69 Å². The van der Waals surface area contributed by atoms with Gasteiger partial charge in [-0.15, -0.1) is 0 Å². The maximum absolute atomic E-state index is 5.36. The Hall–Kier alpha value is -3.06. The number of ether oxygens (including phenoxy) is 1. The van der Waals surface area contributed by atoms with Crippen molar-refractivity contribution >= 4 is 27.6 Å². The second-order valence-corrected chi connectivity index (χ2v) is 7.19. The Kier molecular flexibility index (Phi) is 4.16. The van der Waals surface area contributed by atoms with Crippen LogP contribution in [0.25, 0.3) is 33.5 Å². The molecule has 0 aliphatic carbocycles. The van der Waals surface area contributed by atoms with E-state index in [1.807, 2.05) is 18.2 Å². The zero-order valence-electron chi connectivity index (χ0n) is 16.2. The van der Waals surface area contributed by atoms with E-state index in [9.17, 15) is 0 Å². The van der Waals surface area contributed by atoms with Crippen LogP contribution in [0.1, 0.15) is 6.92 Å². The van der Waals surface area contributed by atoms with Crippen LogP contribution in [-0.4, -0.2) is 64.9 Å². The number of aromatic amines is 2. The summed E-state index contributed by atoms with van der Waals surface area (Å²) in [5, 5.41) is 8.55. The minimum atomic E-state index is 0.766. The molecule has 144 valence electrons. The Bertz CT molecular complexity index is 1120.